The van der Waals surface area contributed by atoms with Gasteiger partial charge in [-0.1, -0.05) is 18.2 Å². The van der Waals surface area contributed by atoms with Gasteiger partial charge in [0.15, 0.2) is 17.0 Å². The third-order valence-electron chi connectivity index (χ3n) is 4.88. The summed E-state index contributed by atoms with van der Waals surface area (Å²) >= 11 is 0. The van der Waals surface area contributed by atoms with E-state index in [2.05, 4.69) is 5.32 Å². The molecule has 8 nitrogen and oxygen atoms in total. The van der Waals surface area contributed by atoms with Crippen molar-refractivity contribution in [1.29, 1.82) is 0 Å². The number of benzene rings is 1. The first kappa shape index (κ1) is 21.4. The van der Waals surface area contributed by atoms with E-state index >= 15 is 0 Å². The van der Waals surface area contributed by atoms with Crippen LogP contribution in [0.1, 0.15) is 30.9 Å². The predicted molar refractivity (Wildman–Crippen MR) is 110 cm³/mol. The highest BCUT2D eigenvalue weighted by atomic mass is 16.5. The Hall–Kier alpha value is -3.26. The minimum atomic E-state index is -1.31. The quantitative estimate of drug-likeness (QED) is 0.644. The molecule has 1 aromatic carbocycles. The lowest BCUT2D eigenvalue weighted by molar-refractivity contribution is -0.132. The Bertz CT molecular complexity index is 966. The lowest BCUT2D eigenvalue weighted by Gasteiger charge is -2.21. The molecule has 30 heavy (non-hydrogen) atoms. The van der Waals surface area contributed by atoms with E-state index in [1.54, 1.807) is 32.0 Å². The number of aliphatic hydroxyl groups is 1. The summed E-state index contributed by atoms with van der Waals surface area (Å²) in [4.78, 5) is 26.2. The normalized spacial score (nSPS) is 20.0. The van der Waals surface area contributed by atoms with Crippen LogP contribution in [0.4, 0.5) is 4.79 Å². The molecule has 2 unspecified atom stereocenters. The van der Waals surface area contributed by atoms with Gasteiger partial charge in [-0.15, -0.1) is 0 Å². The van der Waals surface area contributed by atoms with Crippen LogP contribution < -0.4 is 14.8 Å². The highest BCUT2D eigenvalue weighted by molar-refractivity contribution is 6.06. The van der Waals surface area contributed by atoms with Crippen LogP contribution in [0.3, 0.4) is 0 Å². The molecule has 3 rings (SSSR count). The number of allylic oxidation sites excluding steroid dienone is 1. The number of aliphatic hydroxyl groups excluding tert-OH is 1. The van der Waals surface area contributed by atoms with Gasteiger partial charge in [0.1, 0.15) is 24.2 Å². The van der Waals surface area contributed by atoms with E-state index in [1.807, 2.05) is 31.2 Å². The van der Waals surface area contributed by atoms with Crippen molar-refractivity contribution in [3.63, 3.8) is 0 Å². The van der Waals surface area contributed by atoms with Gasteiger partial charge < -0.3 is 24.3 Å². The van der Waals surface area contributed by atoms with Crippen molar-refractivity contribution < 1.29 is 28.6 Å². The maximum Gasteiger partial charge on any atom is 0.325 e. The van der Waals surface area contributed by atoms with Crippen LogP contribution in [0.5, 0.6) is 11.5 Å². The first-order valence-corrected chi connectivity index (χ1v) is 9.61. The van der Waals surface area contributed by atoms with Crippen LogP contribution in [0.15, 0.2) is 40.8 Å². The summed E-state index contributed by atoms with van der Waals surface area (Å²) in [6.07, 6.45) is 2.76. The number of β-amino-alcohol motifs (C(OH)–C–C–N with tert-alkyl or cyclic N) is 1. The molecule has 3 amide bonds. The molecular weight excluding hydrogens is 388 g/mol. The second-order valence-corrected chi connectivity index (χ2v) is 7.26. The molecule has 2 heterocycles. The van der Waals surface area contributed by atoms with E-state index in [0.717, 1.165) is 10.5 Å². The SMILES string of the molecule is C/C=C/c1ccc(OCC(O)CN2C(=O)NC(C)(c3ccc(C)o3)C2=O)c(OC)c1. The zero-order valence-electron chi connectivity index (χ0n) is 17.5. The van der Waals surface area contributed by atoms with E-state index in [9.17, 15) is 14.7 Å². The zero-order valence-corrected chi connectivity index (χ0v) is 17.5. The number of carbonyl (C=O) groups excluding carboxylic acids is 2. The molecule has 0 bridgehead atoms. The Kier molecular flexibility index (Phi) is 6.17. The predicted octanol–water partition coefficient (Wildman–Crippen LogP) is 2.84. The summed E-state index contributed by atoms with van der Waals surface area (Å²) in [5.74, 6) is 1.47. The van der Waals surface area contributed by atoms with E-state index < -0.39 is 23.6 Å². The number of amides is 3. The lowest BCUT2D eigenvalue weighted by atomic mass is 9.99. The average Bonchev–Trinajstić information content (AvgIpc) is 3.25. The molecule has 160 valence electrons. The lowest BCUT2D eigenvalue weighted by Crippen LogP contribution is -2.42. The first-order valence-electron chi connectivity index (χ1n) is 9.61. The summed E-state index contributed by atoms with van der Waals surface area (Å²) in [6.45, 7) is 4.92. The zero-order chi connectivity index (χ0) is 21.9. The molecule has 0 saturated carbocycles. The summed E-state index contributed by atoms with van der Waals surface area (Å²) < 4.78 is 16.5. The van der Waals surface area contributed by atoms with E-state index in [-0.39, 0.29) is 13.2 Å². The minimum Gasteiger partial charge on any atom is -0.493 e. The fraction of sp³-hybridized carbons (Fsp3) is 0.364. The third kappa shape index (κ3) is 4.18. The van der Waals surface area contributed by atoms with E-state index in [1.165, 1.54) is 7.11 Å². The van der Waals surface area contributed by atoms with Crippen molar-refractivity contribution in [1.82, 2.24) is 10.2 Å². The molecule has 0 radical (unpaired) electrons. The molecule has 0 spiro atoms. The van der Waals surface area contributed by atoms with Crippen molar-refractivity contribution >= 4 is 18.0 Å². The Balaban J connectivity index is 1.64. The smallest absolute Gasteiger partial charge is 0.325 e. The molecule has 0 aliphatic carbocycles. The van der Waals surface area contributed by atoms with Crippen LogP contribution in [0.2, 0.25) is 0 Å². The van der Waals surface area contributed by atoms with Gasteiger partial charge in [0, 0.05) is 0 Å². The van der Waals surface area contributed by atoms with Gasteiger partial charge in [0.2, 0.25) is 0 Å². The topological polar surface area (TPSA) is 101 Å². The van der Waals surface area contributed by atoms with Crippen LogP contribution in [-0.4, -0.2) is 48.3 Å². The number of imide groups is 1. The number of methoxy groups -OCH3 is 1. The molecule has 1 aliphatic rings. The number of aryl methyl sites for hydroxylation is 1. The molecule has 1 aliphatic heterocycles. The van der Waals surface area contributed by atoms with Crippen LogP contribution >= 0.6 is 0 Å². The van der Waals surface area contributed by atoms with Gasteiger partial charge in [-0.25, -0.2) is 4.79 Å². The fourth-order valence-corrected chi connectivity index (χ4v) is 3.28. The molecule has 2 aromatic rings. The van der Waals surface area contributed by atoms with Gasteiger partial charge in [-0.3, -0.25) is 9.69 Å². The molecule has 2 N–H and O–H groups in total. The Morgan fingerprint density at radius 3 is 2.67 bits per heavy atom. The number of ether oxygens (including phenoxy) is 2. The largest absolute Gasteiger partial charge is 0.493 e. The van der Waals surface area contributed by atoms with Gasteiger partial charge >= 0.3 is 6.03 Å². The number of rotatable bonds is 8. The highest BCUT2D eigenvalue weighted by Gasteiger charge is 2.51. The highest BCUT2D eigenvalue weighted by Crippen LogP contribution is 2.31. The number of furan rings is 1. The van der Waals surface area contributed by atoms with Gasteiger partial charge in [0.25, 0.3) is 5.91 Å². The van der Waals surface area contributed by atoms with Crippen molar-refractivity contribution in [3.8, 4) is 11.5 Å². The summed E-state index contributed by atoms with van der Waals surface area (Å²) in [5, 5.41) is 13.0. The molecule has 8 heteroatoms. The molecular formula is C22H26N2O6. The maximum absolute atomic E-state index is 12.9. The van der Waals surface area contributed by atoms with Gasteiger partial charge in [-0.2, -0.15) is 0 Å². The Morgan fingerprint density at radius 2 is 2.03 bits per heavy atom. The average molecular weight is 414 g/mol. The molecule has 1 fully saturated rings. The van der Waals surface area contributed by atoms with Crippen LogP contribution in [0, 0.1) is 6.92 Å². The van der Waals surface area contributed by atoms with Crippen molar-refractivity contribution in [2.45, 2.75) is 32.4 Å². The maximum atomic E-state index is 12.9. The second kappa shape index (κ2) is 8.62. The van der Waals surface area contributed by atoms with Crippen molar-refractivity contribution in [2.24, 2.45) is 0 Å². The van der Waals surface area contributed by atoms with E-state index in [4.69, 9.17) is 13.9 Å². The number of urea groups is 1. The standard InChI is InChI=1S/C22H26N2O6/c1-5-6-15-8-9-17(18(11-15)28-4)29-13-16(25)12-24-20(26)22(3,23-21(24)27)19-10-7-14(2)30-19/h5-11,16,25H,12-13H2,1-4H3,(H,23,27)/b6-5+. The van der Waals surface area contributed by atoms with E-state index in [0.29, 0.717) is 23.0 Å². The summed E-state index contributed by atoms with van der Waals surface area (Å²) in [5.41, 5.74) is -0.355. The van der Waals surface area contributed by atoms with Gasteiger partial charge in [-0.05, 0) is 50.6 Å². The number of carbonyl (C=O) groups is 2. The Labute approximate surface area is 175 Å². The molecule has 1 aromatic heterocycles. The summed E-state index contributed by atoms with van der Waals surface area (Å²) in [6, 6.07) is 8.20. The third-order valence-corrected chi connectivity index (χ3v) is 4.88. The molecule has 2 atom stereocenters. The van der Waals surface area contributed by atoms with Crippen LogP contribution in [-0.2, 0) is 10.3 Å². The number of nitrogens with zero attached hydrogens (tertiary/aromatic N) is 1. The first-order chi connectivity index (χ1) is 14.3. The number of nitrogens with one attached hydrogen (secondary N) is 1. The number of hydrogen-bond donors (Lipinski definition) is 2. The Morgan fingerprint density at radius 1 is 1.27 bits per heavy atom. The van der Waals surface area contributed by atoms with Crippen molar-refractivity contribution in [2.75, 3.05) is 20.3 Å². The summed E-state index contributed by atoms with van der Waals surface area (Å²) in [7, 11) is 1.53. The monoisotopic (exact) mass is 414 g/mol. The van der Waals surface area contributed by atoms with Crippen molar-refractivity contribution in [3.05, 3.63) is 53.5 Å². The van der Waals surface area contributed by atoms with Crippen LogP contribution in [0.25, 0.3) is 6.08 Å². The molecule has 1 saturated heterocycles. The number of hydrogen-bond acceptors (Lipinski definition) is 6. The minimum absolute atomic E-state index is 0.118. The second-order valence-electron chi connectivity index (χ2n) is 7.26. The fourth-order valence-electron chi connectivity index (χ4n) is 3.28. The van der Waals surface area contributed by atoms with Gasteiger partial charge in [0.05, 0.1) is 13.7 Å².